The van der Waals surface area contributed by atoms with Crippen molar-refractivity contribution in [2.75, 3.05) is 11.9 Å². The van der Waals surface area contributed by atoms with Crippen LogP contribution >= 0.6 is 11.3 Å². The van der Waals surface area contributed by atoms with Gasteiger partial charge in [0.05, 0.1) is 17.5 Å². The van der Waals surface area contributed by atoms with Crippen molar-refractivity contribution in [2.24, 2.45) is 5.92 Å². The van der Waals surface area contributed by atoms with E-state index in [1.165, 1.54) is 24.2 Å². The van der Waals surface area contributed by atoms with Crippen molar-refractivity contribution in [1.82, 2.24) is 25.4 Å². The van der Waals surface area contributed by atoms with Gasteiger partial charge in [-0.3, -0.25) is 14.3 Å². The molecular weight excluding hydrogens is 376 g/mol. The zero-order valence-corrected chi connectivity index (χ0v) is 17.0. The molecule has 1 aliphatic carbocycles. The quantitative estimate of drug-likeness (QED) is 0.658. The van der Waals surface area contributed by atoms with E-state index in [9.17, 15) is 9.59 Å². The number of fused-ring (bicyclic) bond motifs is 1. The second kappa shape index (κ2) is 7.90. The molecular formula is C19H26N6O2S. The van der Waals surface area contributed by atoms with Crippen LogP contribution in [-0.4, -0.2) is 45.2 Å². The molecule has 2 aromatic heterocycles. The molecule has 3 heterocycles. The minimum absolute atomic E-state index is 0.0825. The SMILES string of the molecule is CC(C)NC(=O)c1cnn2c1C[C@@H](CNC(=O)c1csc(NC3CC3)n1)CC2. The Balaban J connectivity index is 1.33. The van der Waals surface area contributed by atoms with E-state index in [0.717, 1.165) is 30.2 Å². The summed E-state index contributed by atoms with van der Waals surface area (Å²) in [5.74, 6) is 0.0532. The molecule has 9 heteroatoms. The number of carbonyl (C=O) groups excluding carboxylic acids is 2. The van der Waals surface area contributed by atoms with Crippen LogP contribution < -0.4 is 16.0 Å². The third kappa shape index (κ3) is 4.35. The number of carbonyl (C=O) groups is 2. The van der Waals surface area contributed by atoms with Crippen LogP contribution in [0.15, 0.2) is 11.6 Å². The number of hydrogen-bond acceptors (Lipinski definition) is 6. The Labute approximate surface area is 168 Å². The molecule has 1 saturated carbocycles. The van der Waals surface area contributed by atoms with E-state index in [-0.39, 0.29) is 23.8 Å². The highest BCUT2D eigenvalue weighted by Gasteiger charge is 2.26. The number of hydrogen-bond donors (Lipinski definition) is 3. The van der Waals surface area contributed by atoms with Crippen molar-refractivity contribution >= 4 is 28.3 Å². The van der Waals surface area contributed by atoms with Gasteiger partial charge in [-0.25, -0.2) is 4.98 Å². The van der Waals surface area contributed by atoms with Crippen LogP contribution in [0.2, 0.25) is 0 Å². The number of anilines is 1. The summed E-state index contributed by atoms with van der Waals surface area (Å²) >= 11 is 1.47. The molecule has 0 radical (unpaired) electrons. The Bertz CT molecular complexity index is 870. The summed E-state index contributed by atoms with van der Waals surface area (Å²) < 4.78 is 1.91. The number of amides is 2. The molecule has 0 saturated heterocycles. The molecule has 0 aromatic carbocycles. The lowest BCUT2D eigenvalue weighted by molar-refractivity contribution is 0.0928. The Morgan fingerprint density at radius 1 is 1.29 bits per heavy atom. The van der Waals surface area contributed by atoms with Gasteiger partial charge in [0, 0.05) is 30.6 Å². The molecule has 150 valence electrons. The van der Waals surface area contributed by atoms with E-state index in [4.69, 9.17) is 0 Å². The number of rotatable bonds is 7. The van der Waals surface area contributed by atoms with E-state index in [1.54, 1.807) is 11.6 Å². The first-order valence-corrected chi connectivity index (χ1v) is 10.7. The molecule has 8 nitrogen and oxygen atoms in total. The van der Waals surface area contributed by atoms with Crippen LogP contribution in [0.3, 0.4) is 0 Å². The van der Waals surface area contributed by atoms with Crippen molar-refractivity contribution in [3.63, 3.8) is 0 Å². The fraction of sp³-hybridized carbons (Fsp3) is 0.579. The van der Waals surface area contributed by atoms with Crippen LogP contribution in [0.1, 0.15) is 59.7 Å². The average Bonchev–Trinajstić information content (AvgIpc) is 3.17. The number of thiazole rings is 1. The zero-order valence-electron chi connectivity index (χ0n) is 16.2. The Morgan fingerprint density at radius 3 is 2.86 bits per heavy atom. The van der Waals surface area contributed by atoms with E-state index in [2.05, 4.69) is 26.0 Å². The third-order valence-electron chi connectivity index (χ3n) is 5.04. The summed E-state index contributed by atoms with van der Waals surface area (Å²) in [6.07, 6.45) is 5.66. The van der Waals surface area contributed by atoms with E-state index in [1.807, 2.05) is 18.5 Å². The van der Waals surface area contributed by atoms with Crippen molar-refractivity contribution in [2.45, 2.75) is 58.2 Å². The van der Waals surface area contributed by atoms with Crippen molar-refractivity contribution in [3.8, 4) is 0 Å². The standard InChI is InChI=1S/C19H26N6O2S/c1-11(2)22-17(26)14-9-21-25-6-5-12(7-16(14)25)8-20-18(27)15-10-28-19(24-15)23-13-3-4-13/h9-13H,3-8H2,1-2H3,(H,20,27)(H,22,26)(H,23,24)/t12-/m0/s1. The van der Waals surface area contributed by atoms with Gasteiger partial charge in [-0.05, 0) is 45.4 Å². The maximum atomic E-state index is 12.4. The number of nitrogens with zero attached hydrogens (tertiary/aromatic N) is 3. The van der Waals surface area contributed by atoms with E-state index in [0.29, 0.717) is 23.8 Å². The summed E-state index contributed by atoms with van der Waals surface area (Å²) in [6.45, 7) is 5.21. The van der Waals surface area contributed by atoms with Gasteiger partial charge in [0.1, 0.15) is 5.69 Å². The Kier molecular flexibility index (Phi) is 5.34. The lowest BCUT2D eigenvalue weighted by atomic mass is 9.94. The van der Waals surface area contributed by atoms with Crippen molar-refractivity contribution < 1.29 is 9.59 Å². The monoisotopic (exact) mass is 402 g/mol. The highest BCUT2D eigenvalue weighted by Crippen LogP contribution is 2.27. The largest absolute Gasteiger partial charge is 0.359 e. The summed E-state index contributed by atoms with van der Waals surface area (Å²) in [7, 11) is 0. The lowest BCUT2D eigenvalue weighted by Crippen LogP contribution is -2.35. The minimum atomic E-state index is -0.142. The first-order valence-electron chi connectivity index (χ1n) is 9.85. The smallest absolute Gasteiger partial charge is 0.270 e. The molecule has 0 bridgehead atoms. The van der Waals surface area contributed by atoms with Gasteiger partial charge in [-0.2, -0.15) is 5.10 Å². The van der Waals surface area contributed by atoms with Crippen molar-refractivity contribution in [1.29, 1.82) is 0 Å². The predicted octanol–water partition coefficient (Wildman–Crippen LogP) is 2.04. The molecule has 28 heavy (non-hydrogen) atoms. The average molecular weight is 403 g/mol. The van der Waals surface area contributed by atoms with E-state index >= 15 is 0 Å². The number of aryl methyl sites for hydroxylation is 1. The van der Waals surface area contributed by atoms with Gasteiger partial charge >= 0.3 is 0 Å². The van der Waals surface area contributed by atoms with Crippen LogP contribution in [0.4, 0.5) is 5.13 Å². The van der Waals surface area contributed by atoms with Gasteiger partial charge in [-0.1, -0.05) is 0 Å². The molecule has 0 spiro atoms. The lowest BCUT2D eigenvalue weighted by Gasteiger charge is -2.24. The Morgan fingerprint density at radius 2 is 2.11 bits per heavy atom. The van der Waals surface area contributed by atoms with Gasteiger partial charge in [0.25, 0.3) is 11.8 Å². The number of aromatic nitrogens is 3. The van der Waals surface area contributed by atoms with Gasteiger partial charge in [0.15, 0.2) is 5.13 Å². The second-order valence-corrected chi connectivity index (χ2v) is 8.74. The molecule has 1 aliphatic heterocycles. The zero-order chi connectivity index (χ0) is 19.7. The molecule has 1 atom stereocenters. The molecule has 3 N–H and O–H groups in total. The highest BCUT2D eigenvalue weighted by atomic mass is 32.1. The summed E-state index contributed by atoms with van der Waals surface area (Å²) in [5, 5.41) is 16.2. The Hall–Kier alpha value is -2.42. The number of nitrogens with one attached hydrogen (secondary N) is 3. The fourth-order valence-electron chi connectivity index (χ4n) is 3.38. The van der Waals surface area contributed by atoms with Crippen molar-refractivity contribution in [3.05, 3.63) is 28.5 Å². The summed E-state index contributed by atoms with van der Waals surface area (Å²) in [6, 6.07) is 0.607. The van der Waals surface area contributed by atoms with Gasteiger partial charge < -0.3 is 16.0 Å². The van der Waals surface area contributed by atoms with Crippen LogP contribution in [0.25, 0.3) is 0 Å². The van der Waals surface area contributed by atoms with Crippen LogP contribution in [0, 0.1) is 5.92 Å². The van der Waals surface area contributed by atoms with Gasteiger partial charge in [-0.15, -0.1) is 11.3 Å². The summed E-state index contributed by atoms with van der Waals surface area (Å²) in [4.78, 5) is 29.2. The highest BCUT2D eigenvalue weighted by molar-refractivity contribution is 7.13. The maximum Gasteiger partial charge on any atom is 0.270 e. The van der Waals surface area contributed by atoms with Crippen LogP contribution in [-0.2, 0) is 13.0 Å². The molecule has 2 amide bonds. The minimum Gasteiger partial charge on any atom is -0.359 e. The second-order valence-electron chi connectivity index (χ2n) is 7.88. The predicted molar refractivity (Wildman–Crippen MR) is 108 cm³/mol. The molecule has 4 rings (SSSR count). The first kappa shape index (κ1) is 18.9. The first-order chi connectivity index (χ1) is 13.5. The van der Waals surface area contributed by atoms with Crippen LogP contribution in [0.5, 0.6) is 0 Å². The topological polar surface area (TPSA) is 101 Å². The van der Waals surface area contributed by atoms with Gasteiger partial charge in [0.2, 0.25) is 0 Å². The van der Waals surface area contributed by atoms with E-state index < -0.39 is 0 Å². The normalized spacial score (nSPS) is 18.6. The molecule has 0 unspecified atom stereocenters. The summed E-state index contributed by atoms with van der Waals surface area (Å²) in [5.41, 5.74) is 2.05. The molecule has 1 fully saturated rings. The molecule has 2 aliphatic rings. The maximum absolute atomic E-state index is 12.4. The molecule has 2 aromatic rings. The third-order valence-corrected chi connectivity index (χ3v) is 5.81. The fourth-order valence-corrected chi connectivity index (χ4v) is 4.15.